The van der Waals surface area contributed by atoms with Crippen LogP contribution in [0.4, 0.5) is 4.79 Å². The van der Waals surface area contributed by atoms with Crippen LogP contribution in [0.2, 0.25) is 0 Å². The molecule has 0 aromatic carbocycles. The third kappa shape index (κ3) is 4.26. The van der Waals surface area contributed by atoms with E-state index in [-0.39, 0.29) is 11.7 Å². The van der Waals surface area contributed by atoms with Gasteiger partial charge in [0.05, 0.1) is 6.26 Å². The molecular weight excluding hydrogens is 286 g/mol. The van der Waals surface area contributed by atoms with Crippen LogP contribution in [0.5, 0.6) is 0 Å². The summed E-state index contributed by atoms with van der Waals surface area (Å²) in [5.74, 6) is -0.124. The van der Waals surface area contributed by atoms with Crippen molar-refractivity contribution in [1.29, 1.82) is 0 Å². The average molecular weight is 309 g/mol. The highest BCUT2D eigenvalue weighted by molar-refractivity contribution is 5.88. The highest BCUT2D eigenvalue weighted by Gasteiger charge is 2.28. The molecule has 6 nitrogen and oxygen atoms in total. The maximum atomic E-state index is 12.0. The molecule has 1 aromatic rings. The maximum absolute atomic E-state index is 12.0. The largest absolute Gasteiger partial charge is 0.478 e. The number of hydrogen-bond donors (Lipinski definition) is 1. The van der Waals surface area contributed by atoms with Crippen molar-refractivity contribution in [2.45, 2.75) is 45.6 Å². The van der Waals surface area contributed by atoms with Gasteiger partial charge in [0.25, 0.3) is 0 Å². The first-order valence-electron chi connectivity index (χ1n) is 7.54. The van der Waals surface area contributed by atoms with E-state index in [0.717, 1.165) is 12.8 Å². The Bertz CT molecular complexity index is 535. The molecule has 1 fully saturated rings. The second-order valence-corrected chi connectivity index (χ2v) is 6.68. The van der Waals surface area contributed by atoms with E-state index in [1.165, 1.54) is 12.3 Å². The van der Waals surface area contributed by atoms with E-state index in [4.69, 9.17) is 14.3 Å². The van der Waals surface area contributed by atoms with Gasteiger partial charge >= 0.3 is 12.1 Å². The summed E-state index contributed by atoms with van der Waals surface area (Å²) in [6.07, 6.45) is 3.36. The van der Waals surface area contributed by atoms with Crippen molar-refractivity contribution in [3.8, 4) is 0 Å². The monoisotopic (exact) mass is 309 g/mol. The van der Waals surface area contributed by atoms with Gasteiger partial charge in [-0.1, -0.05) is 0 Å². The number of ether oxygens (including phenoxy) is 1. The number of rotatable bonds is 3. The average Bonchev–Trinajstić information content (AvgIpc) is 2.86. The van der Waals surface area contributed by atoms with Crippen molar-refractivity contribution in [2.75, 3.05) is 13.1 Å². The van der Waals surface area contributed by atoms with Gasteiger partial charge in [-0.25, -0.2) is 9.59 Å². The third-order valence-electron chi connectivity index (χ3n) is 3.72. The highest BCUT2D eigenvalue weighted by Crippen LogP contribution is 2.25. The van der Waals surface area contributed by atoms with Crippen LogP contribution in [-0.2, 0) is 11.2 Å². The number of aromatic carboxylic acids is 1. The second-order valence-electron chi connectivity index (χ2n) is 6.68. The fraction of sp³-hybridized carbons (Fsp3) is 0.625. The summed E-state index contributed by atoms with van der Waals surface area (Å²) < 4.78 is 10.6. The van der Waals surface area contributed by atoms with Crippen LogP contribution in [0.1, 0.15) is 49.7 Å². The molecule has 1 amide bonds. The Kier molecular flexibility index (Phi) is 4.78. The number of nitrogens with zero attached hydrogens (tertiary/aromatic N) is 1. The molecule has 2 rings (SSSR count). The molecule has 0 spiro atoms. The maximum Gasteiger partial charge on any atom is 0.410 e. The Morgan fingerprint density at radius 1 is 1.36 bits per heavy atom. The number of carboxylic acid groups (broad SMARTS) is 1. The molecule has 0 bridgehead atoms. The second kappa shape index (κ2) is 6.42. The molecule has 1 aliphatic heterocycles. The predicted octanol–water partition coefficient (Wildman–Crippen LogP) is 3.17. The topological polar surface area (TPSA) is 80.0 Å². The van der Waals surface area contributed by atoms with E-state index in [9.17, 15) is 9.59 Å². The van der Waals surface area contributed by atoms with Crippen LogP contribution >= 0.6 is 0 Å². The first-order valence-corrected chi connectivity index (χ1v) is 7.54. The standard InChI is InChI=1S/C16H23NO5/c1-16(2,3)22-15(20)17-7-4-11(5-8-17)10-13-12(14(18)19)6-9-21-13/h6,9,11H,4-5,7-8,10H2,1-3H3,(H,18,19). The number of hydrogen-bond acceptors (Lipinski definition) is 4. The molecule has 0 saturated carbocycles. The van der Waals surface area contributed by atoms with Gasteiger partial charge in [0.2, 0.25) is 0 Å². The summed E-state index contributed by atoms with van der Waals surface area (Å²) in [5.41, 5.74) is -0.257. The van der Waals surface area contributed by atoms with E-state index in [0.29, 0.717) is 31.2 Å². The first-order chi connectivity index (χ1) is 10.3. The number of amides is 1. The van der Waals surface area contributed by atoms with Gasteiger partial charge in [-0.3, -0.25) is 0 Å². The molecule has 0 radical (unpaired) electrons. The van der Waals surface area contributed by atoms with Crippen LogP contribution in [0.25, 0.3) is 0 Å². The van der Waals surface area contributed by atoms with Crippen LogP contribution in [0.3, 0.4) is 0 Å². The Balaban J connectivity index is 1.86. The Morgan fingerprint density at radius 2 is 2.00 bits per heavy atom. The minimum Gasteiger partial charge on any atom is -0.478 e. The summed E-state index contributed by atoms with van der Waals surface area (Å²) in [5, 5.41) is 9.08. The lowest BCUT2D eigenvalue weighted by Crippen LogP contribution is -2.42. The summed E-state index contributed by atoms with van der Waals surface area (Å²) >= 11 is 0. The van der Waals surface area contributed by atoms with Gasteiger partial charge in [0, 0.05) is 19.5 Å². The lowest BCUT2D eigenvalue weighted by atomic mass is 9.92. The number of piperidine rings is 1. The minimum atomic E-state index is -0.963. The predicted molar refractivity (Wildman–Crippen MR) is 79.9 cm³/mol. The minimum absolute atomic E-state index is 0.231. The van der Waals surface area contributed by atoms with Crippen molar-refractivity contribution >= 4 is 12.1 Å². The van der Waals surface area contributed by atoms with Crippen LogP contribution in [-0.4, -0.2) is 40.8 Å². The van der Waals surface area contributed by atoms with Gasteiger partial charge < -0.3 is 19.2 Å². The van der Waals surface area contributed by atoms with E-state index in [1.807, 2.05) is 20.8 Å². The molecule has 1 N–H and O–H groups in total. The van der Waals surface area contributed by atoms with Crippen molar-refractivity contribution in [3.63, 3.8) is 0 Å². The fourth-order valence-corrected chi connectivity index (χ4v) is 2.60. The lowest BCUT2D eigenvalue weighted by Gasteiger charge is -2.33. The Hall–Kier alpha value is -1.98. The highest BCUT2D eigenvalue weighted by atomic mass is 16.6. The summed E-state index contributed by atoms with van der Waals surface area (Å²) in [6, 6.07) is 1.48. The molecular formula is C16H23NO5. The van der Waals surface area contributed by atoms with E-state index in [2.05, 4.69) is 0 Å². The molecule has 0 aliphatic carbocycles. The molecule has 6 heteroatoms. The zero-order valence-electron chi connectivity index (χ0n) is 13.3. The molecule has 122 valence electrons. The van der Waals surface area contributed by atoms with E-state index in [1.54, 1.807) is 4.90 Å². The van der Waals surface area contributed by atoms with E-state index >= 15 is 0 Å². The molecule has 0 unspecified atom stereocenters. The van der Waals surface area contributed by atoms with Gasteiger partial charge in [-0.15, -0.1) is 0 Å². The quantitative estimate of drug-likeness (QED) is 0.927. The zero-order valence-corrected chi connectivity index (χ0v) is 13.3. The number of furan rings is 1. The summed E-state index contributed by atoms with van der Waals surface area (Å²) in [7, 11) is 0. The molecule has 1 aromatic heterocycles. The number of likely N-dealkylation sites (tertiary alicyclic amines) is 1. The Labute approximate surface area is 130 Å². The lowest BCUT2D eigenvalue weighted by molar-refractivity contribution is 0.0183. The number of carboxylic acids is 1. The molecule has 0 atom stereocenters. The number of carbonyl (C=O) groups excluding carboxylic acids is 1. The number of carbonyl (C=O) groups is 2. The fourth-order valence-electron chi connectivity index (χ4n) is 2.60. The van der Waals surface area contributed by atoms with Gasteiger partial charge in [0.15, 0.2) is 0 Å². The summed E-state index contributed by atoms with van der Waals surface area (Å²) in [6.45, 7) is 6.80. The smallest absolute Gasteiger partial charge is 0.410 e. The van der Waals surface area contributed by atoms with Crippen molar-refractivity contribution in [1.82, 2.24) is 4.90 Å². The van der Waals surface area contributed by atoms with Gasteiger partial charge in [0.1, 0.15) is 16.9 Å². The molecule has 22 heavy (non-hydrogen) atoms. The van der Waals surface area contributed by atoms with Crippen LogP contribution < -0.4 is 0 Å². The van der Waals surface area contributed by atoms with Crippen LogP contribution in [0, 0.1) is 5.92 Å². The van der Waals surface area contributed by atoms with Crippen molar-refractivity contribution in [3.05, 3.63) is 23.7 Å². The summed E-state index contributed by atoms with van der Waals surface area (Å²) in [4.78, 5) is 24.8. The first kappa shape index (κ1) is 16.4. The Morgan fingerprint density at radius 3 is 2.55 bits per heavy atom. The molecule has 1 aliphatic rings. The third-order valence-corrected chi connectivity index (χ3v) is 3.72. The molecule has 2 heterocycles. The molecule has 1 saturated heterocycles. The zero-order chi connectivity index (χ0) is 16.3. The van der Waals surface area contributed by atoms with Crippen molar-refractivity contribution in [2.24, 2.45) is 5.92 Å². The van der Waals surface area contributed by atoms with E-state index < -0.39 is 11.6 Å². The van der Waals surface area contributed by atoms with Gasteiger partial charge in [-0.05, 0) is 45.6 Å². The SMILES string of the molecule is CC(C)(C)OC(=O)N1CCC(Cc2occc2C(=O)O)CC1. The van der Waals surface area contributed by atoms with Crippen molar-refractivity contribution < 1.29 is 23.8 Å². The normalized spacial score (nSPS) is 16.6. The van der Waals surface area contributed by atoms with Crippen LogP contribution in [0.15, 0.2) is 16.7 Å². The van der Waals surface area contributed by atoms with Gasteiger partial charge in [-0.2, -0.15) is 0 Å².